The Morgan fingerprint density at radius 2 is 1.63 bits per heavy atom. The Hall–Kier alpha value is -2.94. The fourth-order valence-electron chi connectivity index (χ4n) is 2.21. The summed E-state index contributed by atoms with van der Waals surface area (Å²) in [6.07, 6.45) is 2.43. The SMILES string of the molecule is CN(C)c1ccc(/C=N\NC(=O)CN(c2ccc(F)cc2)S(C)(=O)=O)cc1. The van der Waals surface area contributed by atoms with E-state index in [-0.39, 0.29) is 5.69 Å². The van der Waals surface area contributed by atoms with Gasteiger partial charge in [-0.15, -0.1) is 0 Å². The Morgan fingerprint density at radius 3 is 2.15 bits per heavy atom. The highest BCUT2D eigenvalue weighted by Crippen LogP contribution is 2.17. The van der Waals surface area contributed by atoms with Crippen LogP contribution >= 0.6 is 0 Å². The number of carbonyl (C=O) groups is 1. The molecule has 2 aromatic rings. The number of hydrazone groups is 1. The molecule has 0 aliphatic rings. The summed E-state index contributed by atoms with van der Waals surface area (Å²) >= 11 is 0. The average molecular weight is 392 g/mol. The van der Waals surface area contributed by atoms with Gasteiger partial charge in [-0.2, -0.15) is 5.10 Å². The molecule has 2 aromatic carbocycles. The minimum atomic E-state index is -3.72. The molecule has 0 saturated carbocycles. The summed E-state index contributed by atoms with van der Waals surface area (Å²) < 4.78 is 37.8. The van der Waals surface area contributed by atoms with Gasteiger partial charge in [0.05, 0.1) is 18.2 Å². The minimum absolute atomic E-state index is 0.192. The third-order valence-electron chi connectivity index (χ3n) is 3.61. The quantitative estimate of drug-likeness (QED) is 0.576. The number of nitrogens with zero attached hydrogens (tertiary/aromatic N) is 3. The zero-order valence-corrected chi connectivity index (χ0v) is 16.1. The van der Waals surface area contributed by atoms with Gasteiger partial charge in [-0.25, -0.2) is 18.2 Å². The largest absolute Gasteiger partial charge is 0.378 e. The summed E-state index contributed by atoms with van der Waals surface area (Å²) in [6, 6.07) is 12.3. The lowest BCUT2D eigenvalue weighted by Crippen LogP contribution is -2.39. The summed E-state index contributed by atoms with van der Waals surface area (Å²) in [5.74, 6) is -1.12. The molecule has 1 N–H and O–H groups in total. The first-order chi connectivity index (χ1) is 12.7. The Morgan fingerprint density at radius 1 is 1.07 bits per heavy atom. The molecule has 0 fully saturated rings. The predicted octanol–water partition coefficient (Wildman–Crippen LogP) is 1.81. The van der Waals surface area contributed by atoms with E-state index in [4.69, 9.17) is 0 Å². The van der Waals surface area contributed by atoms with Gasteiger partial charge in [0.15, 0.2) is 0 Å². The van der Waals surface area contributed by atoms with Crippen LogP contribution in [0.15, 0.2) is 53.6 Å². The lowest BCUT2D eigenvalue weighted by molar-refractivity contribution is -0.119. The van der Waals surface area contributed by atoms with Crippen molar-refractivity contribution in [3.8, 4) is 0 Å². The molecule has 1 amide bonds. The lowest BCUT2D eigenvalue weighted by atomic mass is 10.2. The van der Waals surface area contributed by atoms with E-state index in [1.165, 1.54) is 18.3 Å². The first-order valence-electron chi connectivity index (χ1n) is 7.99. The maximum absolute atomic E-state index is 13.0. The zero-order chi connectivity index (χ0) is 20.0. The van der Waals surface area contributed by atoms with Gasteiger partial charge in [0.2, 0.25) is 10.0 Å². The Bertz CT molecular complexity index is 911. The number of anilines is 2. The van der Waals surface area contributed by atoms with E-state index in [1.54, 1.807) is 0 Å². The molecule has 0 aromatic heterocycles. The molecule has 0 radical (unpaired) electrons. The Balaban J connectivity index is 2.02. The van der Waals surface area contributed by atoms with Crippen molar-refractivity contribution in [2.75, 3.05) is 36.1 Å². The van der Waals surface area contributed by atoms with Crippen LogP contribution in [0.25, 0.3) is 0 Å². The Kier molecular flexibility index (Phi) is 6.51. The number of amides is 1. The molecular weight excluding hydrogens is 371 g/mol. The van der Waals surface area contributed by atoms with Gasteiger partial charge in [-0.05, 0) is 42.0 Å². The topological polar surface area (TPSA) is 82.1 Å². The number of hydrogen-bond donors (Lipinski definition) is 1. The molecule has 9 heteroatoms. The van der Waals surface area contributed by atoms with E-state index >= 15 is 0 Å². The van der Waals surface area contributed by atoms with Crippen molar-refractivity contribution in [3.63, 3.8) is 0 Å². The number of nitrogens with one attached hydrogen (secondary N) is 1. The van der Waals surface area contributed by atoms with Gasteiger partial charge in [-0.3, -0.25) is 9.10 Å². The minimum Gasteiger partial charge on any atom is -0.378 e. The number of benzene rings is 2. The molecule has 0 saturated heterocycles. The summed E-state index contributed by atoms with van der Waals surface area (Å²) in [5.41, 5.74) is 4.29. The first kappa shape index (κ1) is 20.4. The highest BCUT2D eigenvalue weighted by atomic mass is 32.2. The van der Waals surface area contributed by atoms with Crippen LogP contribution in [0.1, 0.15) is 5.56 Å². The fraction of sp³-hybridized carbons (Fsp3) is 0.222. The standard InChI is InChI=1S/C18H21FN4O3S/c1-22(2)16-8-4-14(5-9-16)12-20-21-18(24)13-23(27(3,25)26)17-10-6-15(19)7-11-17/h4-12H,13H2,1-3H3,(H,21,24)/b20-12-. The van der Waals surface area contributed by atoms with Gasteiger partial charge in [0, 0.05) is 19.8 Å². The van der Waals surface area contributed by atoms with E-state index in [9.17, 15) is 17.6 Å². The fourth-order valence-corrected chi connectivity index (χ4v) is 3.07. The monoisotopic (exact) mass is 392 g/mol. The van der Waals surface area contributed by atoms with Crippen molar-refractivity contribution in [2.24, 2.45) is 5.10 Å². The molecule has 2 rings (SSSR count). The van der Waals surface area contributed by atoms with E-state index < -0.39 is 28.3 Å². The van der Waals surface area contributed by atoms with Crippen molar-refractivity contribution in [2.45, 2.75) is 0 Å². The van der Waals surface area contributed by atoms with Crippen LogP contribution in [0.5, 0.6) is 0 Å². The Labute approximate surface area is 158 Å². The molecule has 0 aliphatic heterocycles. The number of carbonyl (C=O) groups excluding carboxylic acids is 1. The van der Waals surface area contributed by atoms with Gasteiger partial charge < -0.3 is 4.90 Å². The smallest absolute Gasteiger partial charge is 0.260 e. The lowest BCUT2D eigenvalue weighted by Gasteiger charge is -2.21. The van der Waals surface area contributed by atoms with Crippen molar-refractivity contribution >= 4 is 33.5 Å². The summed E-state index contributed by atoms with van der Waals surface area (Å²) in [7, 11) is 0.135. The maximum atomic E-state index is 13.0. The van der Waals surface area contributed by atoms with Crippen LogP contribution in [0.3, 0.4) is 0 Å². The van der Waals surface area contributed by atoms with E-state index in [0.29, 0.717) is 0 Å². The zero-order valence-electron chi connectivity index (χ0n) is 15.3. The molecule has 0 heterocycles. The van der Waals surface area contributed by atoms with Gasteiger partial charge >= 0.3 is 0 Å². The van der Waals surface area contributed by atoms with Crippen LogP contribution in [-0.2, 0) is 14.8 Å². The molecule has 0 bridgehead atoms. The van der Waals surface area contributed by atoms with Crippen molar-refractivity contribution in [1.82, 2.24) is 5.43 Å². The number of sulfonamides is 1. The summed E-state index contributed by atoms with van der Waals surface area (Å²) in [5, 5.41) is 3.84. The van der Waals surface area contributed by atoms with Gasteiger partial charge in [-0.1, -0.05) is 12.1 Å². The van der Waals surface area contributed by atoms with Crippen molar-refractivity contribution in [3.05, 3.63) is 59.9 Å². The van der Waals surface area contributed by atoms with Crippen LogP contribution in [0, 0.1) is 5.82 Å². The average Bonchev–Trinajstić information content (AvgIpc) is 2.60. The molecule has 27 heavy (non-hydrogen) atoms. The molecule has 0 atom stereocenters. The highest BCUT2D eigenvalue weighted by Gasteiger charge is 2.20. The molecule has 144 valence electrons. The van der Waals surface area contributed by atoms with Crippen molar-refractivity contribution < 1.29 is 17.6 Å². The number of hydrogen-bond acceptors (Lipinski definition) is 5. The molecular formula is C18H21FN4O3S. The number of rotatable bonds is 7. The molecule has 0 spiro atoms. The summed E-state index contributed by atoms with van der Waals surface area (Å²) in [6.45, 7) is -0.471. The molecule has 0 unspecified atom stereocenters. The van der Waals surface area contributed by atoms with Crippen LogP contribution in [0.4, 0.5) is 15.8 Å². The van der Waals surface area contributed by atoms with Crippen LogP contribution in [-0.4, -0.2) is 47.4 Å². The van der Waals surface area contributed by atoms with Gasteiger partial charge in [0.25, 0.3) is 5.91 Å². The number of halogens is 1. The second-order valence-electron chi connectivity index (χ2n) is 6.03. The first-order valence-corrected chi connectivity index (χ1v) is 9.84. The summed E-state index contributed by atoms with van der Waals surface area (Å²) in [4.78, 5) is 14.0. The second kappa shape index (κ2) is 8.63. The van der Waals surface area contributed by atoms with Gasteiger partial charge in [0.1, 0.15) is 12.4 Å². The molecule has 7 nitrogen and oxygen atoms in total. The van der Waals surface area contributed by atoms with Crippen LogP contribution < -0.4 is 14.6 Å². The predicted molar refractivity (Wildman–Crippen MR) is 105 cm³/mol. The third kappa shape index (κ3) is 6.07. The van der Waals surface area contributed by atoms with E-state index in [2.05, 4.69) is 10.5 Å². The second-order valence-corrected chi connectivity index (χ2v) is 7.93. The highest BCUT2D eigenvalue weighted by molar-refractivity contribution is 7.92. The van der Waals surface area contributed by atoms with E-state index in [1.807, 2.05) is 43.3 Å². The molecule has 0 aliphatic carbocycles. The third-order valence-corrected chi connectivity index (χ3v) is 4.76. The maximum Gasteiger partial charge on any atom is 0.260 e. The van der Waals surface area contributed by atoms with Crippen LogP contribution in [0.2, 0.25) is 0 Å². The van der Waals surface area contributed by atoms with E-state index in [0.717, 1.165) is 33.9 Å². The normalized spacial score (nSPS) is 11.4. The van der Waals surface area contributed by atoms with Crippen molar-refractivity contribution in [1.29, 1.82) is 0 Å².